The summed E-state index contributed by atoms with van der Waals surface area (Å²) < 4.78 is 0. The van der Waals surface area contributed by atoms with Crippen molar-refractivity contribution in [3.8, 4) is 0 Å². The highest BCUT2D eigenvalue weighted by atomic mass is 35.5. The maximum Gasteiger partial charge on any atom is 0.200 e. The molecule has 0 amide bonds. The largest absolute Gasteiger partial charge is 0.368 e. The van der Waals surface area contributed by atoms with Gasteiger partial charge in [0, 0.05) is 23.6 Å². The summed E-state index contributed by atoms with van der Waals surface area (Å²) in [5.74, 6) is -0.157. The average molecular weight is 217 g/mol. The second kappa shape index (κ2) is 3.16. The first-order valence-corrected chi connectivity index (χ1v) is 4.60. The van der Waals surface area contributed by atoms with Gasteiger partial charge in [0.05, 0.1) is 0 Å². The summed E-state index contributed by atoms with van der Waals surface area (Å²) in [4.78, 5) is 15.4. The monoisotopic (exact) mass is 216 g/mol. The molecule has 2 unspecified atom stereocenters. The fourth-order valence-corrected chi connectivity index (χ4v) is 1.58. The van der Waals surface area contributed by atoms with Crippen molar-refractivity contribution in [3.63, 3.8) is 0 Å². The highest BCUT2D eigenvalue weighted by molar-refractivity contribution is 6.36. The van der Waals surface area contributed by atoms with Gasteiger partial charge in [0.25, 0.3) is 0 Å². The lowest BCUT2D eigenvalue weighted by molar-refractivity contribution is -0.115. The molecule has 13 heavy (non-hydrogen) atoms. The van der Waals surface area contributed by atoms with Gasteiger partial charge in [-0.25, -0.2) is 0 Å². The molecule has 0 aromatic carbocycles. The summed E-state index contributed by atoms with van der Waals surface area (Å²) in [7, 11) is 0. The van der Waals surface area contributed by atoms with E-state index in [0.29, 0.717) is 5.57 Å². The van der Waals surface area contributed by atoms with Gasteiger partial charge in [-0.15, -0.1) is 0 Å². The topological polar surface area (TPSA) is 41.5 Å². The smallest absolute Gasteiger partial charge is 0.200 e. The van der Waals surface area contributed by atoms with Crippen molar-refractivity contribution in [1.29, 1.82) is 0 Å². The number of hydrogen-bond acceptors (Lipinski definition) is 3. The Morgan fingerprint density at radius 3 is 3.00 bits per heavy atom. The molecule has 0 spiro atoms. The van der Waals surface area contributed by atoms with Crippen LogP contribution >= 0.6 is 23.2 Å². The molecule has 0 saturated carbocycles. The van der Waals surface area contributed by atoms with Crippen LogP contribution in [0.25, 0.3) is 0 Å². The van der Waals surface area contributed by atoms with Crippen LogP contribution in [0.4, 0.5) is 0 Å². The Labute approximate surface area is 85.1 Å². The fourth-order valence-electron chi connectivity index (χ4n) is 1.21. The molecule has 5 heteroatoms. The number of ketones is 1. The number of hydrogen-bond donors (Lipinski definition) is 1. The maximum atomic E-state index is 11.5. The van der Waals surface area contributed by atoms with Crippen LogP contribution in [0.5, 0.6) is 0 Å². The molecule has 0 aliphatic carbocycles. The zero-order chi connectivity index (χ0) is 9.42. The SMILES string of the molecule is O=C1C2=CC(Cl)N=CC2=CNC1Cl. The molecule has 1 N–H and O–H groups in total. The minimum atomic E-state index is -0.689. The summed E-state index contributed by atoms with van der Waals surface area (Å²) in [5, 5.41) is 2.72. The van der Waals surface area contributed by atoms with Crippen molar-refractivity contribution in [3.05, 3.63) is 23.4 Å². The predicted molar refractivity (Wildman–Crippen MR) is 52.1 cm³/mol. The Kier molecular flexibility index (Phi) is 2.14. The first-order valence-electron chi connectivity index (χ1n) is 3.72. The summed E-state index contributed by atoms with van der Waals surface area (Å²) in [5.41, 5.74) is 0.135. The highest BCUT2D eigenvalue weighted by Crippen LogP contribution is 2.23. The van der Waals surface area contributed by atoms with E-state index in [-0.39, 0.29) is 5.78 Å². The van der Waals surface area contributed by atoms with Crippen LogP contribution < -0.4 is 5.32 Å². The Hall–Kier alpha value is -0.800. The summed E-state index contributed by atoms with van der Waals surface area (Å²) in [6.07, 6.45) is 4.84. The van der Waals surface area contributed by atoms with Gasteiger partial charge in [-0.2, -0.15) is 0 Å². The van der Waals surface area contributed by atoms with E-state index >= 15 is 0 Å². The van der Waals surface area contributed by atoms with E-state index in [1.165, 1.54) is 0 Å². The van der Waals surface area contributed by atoms with Crippen LogP contribution in [0.3, 0.4) is 0 Å². The number of nitrogens with one attached hydrogen (secondary N) is 1. The Balaban J connectivity index is 2.41. The summed E-state index contributed by atoms with van der Waals surface area (Å²) in [6.45, 7) is 0. The number of aliphatic imine (C=N–C) groups is 1. The van der Waals surface area contributed by atoms with Gasteiger partial charge in [-0.05, 0) is 6.08 Å². The zero-order valence-electron chi connectivity index (χ0n) is 6.50. The lowest BCUT2D eigenvalue weighted by atomic mass is 9.98. The van der Waals surface area contributed by atoms with Crippen molar-refractivity contribution in [2.45, 2.75) is 11.0 Å². The first-order chi connectivity index (χ1) is 6.18. The normalized spacial score (nSPS) is 31.7. The van der Waals surface area contributed by atoms with Gasteiger partial charge in [0.2, 0.25) is 5.78 Å². The molecular weight excluding hydrogens is 211 g/mol. The van der Waals surface area contributed by atoms with Crippen LogP contribution in [0.1, 0.15) is 0 Å². The standard InChI is InChI=1S/C8H6Cl2N2O/c9-6-1-5-4(2-11-6)3-12-8(10)7(5)13/h1-3,6,8,12H. The molecule has 0 aromatic rings. The maximum absolute atomic E-state index is 11.5. The highest BCUT2D eigenvalue weighted by Gasteiger charge is 2.27. The molecule has 68 valence electrons. The number of Topliss-reactive ketones (excluding diaryl/α,β-unsaturated/α-hetero) is 1. The third-order valence-corrected chi connectivity index (χ3v) is 2.41. The van der Waals surface area contributed by atoms with Crippen LogP contribution in [0, 0.1) is 0 Å². The zero-order valence-corrected chi connectivity index (χ0v) is 8.01. The van der Waals surface area contributed by atoms with Crippen LogP contribution in [0.2, 0.25) is 0 Å². The molecule has 2 rings (SSSR count). The summed E-state index contributed by atoms with van der Waals surface area (Å²) >= 11 is 11.4. The van der Waals surface area contributed by atoms with Gasteiger partial charge in [0.1, 0.15) is 5.50 Å². The van der Waals surface area contributed by atoms with Crippen molar-refractivity contribution >= 4 is 35.2 Å². The first kappa shape index (κ1) is 8.78. The van der Waals surface area contributed by atoms with Gasteiger partial charge < -0.3 is 5.32 Å². The number of nitrogens with zero attached hydrogens (tertiary/aromatic N) is 1. The number of carbonyl (C=O) groups excluding carboxylic acids is 1. The predicted octanol–water partition coefficient (Wildman–Crippen LogP) is 1.18. The summed E-state index contributed by atoms with van der Waals surface area (Å²) in [6, 6.07) is 0. The average Bonchev–Trinajstić information content (AvgIpc) is 2.12. The van der Waals surface area contributed by atoms with Gasteiger partial charge in [-0.3, -0.25) is 9.79 Å². The number of halogens is 2. The number of dihydropyridines is 1. The molecule has 2 aliphatic rings. The van der Waals surface area contributed by atoms with E-state index < -0.39 is 11.0 Å². The second-order valence-electron chi connectivity index (χ2n) is 2.72. The number of alkyl halides is 2. The fraction of sp³-hybridized carbons (Fsp3) is 0.250. The van der Waals surface area contributed by atoms with E-state index in [4.69, 9.17) is 23.2 Å². The number of allylic oxidation sites excluding steroid dienone is 1. The molecule has 0 saturated heterocycles. The molecule has 3 nitrogen and oxygen atoms in total. The lowest BCUT2D eigenvalue weighted by Crippen LogP contribution is -2.35. The van der Waals surface area contributed by atoms with Gasteiger partial charge >= 0.3 is 0 Å². The van der Waals surface area contributed by atoms with Crippen molar-refractivity contribution in [2.75, 3.05) is 0 Å². The van der Waals surface area contributed by atoms with Crippen molar-refractivity contribution < 1.29 is 4.79 Å². The molecule has 2 heterocycles. The van der Waals surface area contributed by atoms with Crippen molar-refractivity contribution in [1.82, 2.24) is 5.32 Å². The molecule has 2 aliphatic heterocycles. The lowest BCUT2D eigenvalue weighted by Gasteiger charge is -2.21. The molecule has 0 aromatic heterocycles. The van der Waals surface area contributed by atoms with Crippen LogP contribution in [-0.4, -0.2) is 23.0 Å². The molecular formula is C8H6Cl2N2O. The third-order valence-electron chi connectivity index (χ3n) is 1.85. The molecule has 0 fully saturated rings. The van der Waals surface area contributed by atoms with Gasteiger partial charge in [0.15, 0.2) is 5.50 Å². The van der Waals surface area contributed by atoms with E-state index in [9.17, 15) is 4.79 Å². The number of rotatable bonds is 0. The number of carbonyl (C=O) groups is 1. The Morgan fingerprint density at radius 2 is 2.23 bits per heavy atom. The number of fused-ring (bicyclic) bond motifs is 1. The van der Waals surface area contributed by atoms with E-state index in [2.05, 4.69) is 10.3 Å². The van der Waals surface area contributed by atoms with Gasteiger partial charge in [-0.1, -0.05) is 23.2 Å². The molecule has 2 atom stereocenters. The second-order valence-corrected chi connectivity index (χ2v) is 3.61. The quantitative estimate of drug-likeness (QED) is 0.489. The van der Waals surface area contributed by atoms with E-state index in [1.807, 2.05) is 0 Å². The Bertz CT molecular complexity index is 346. The minimum Gasteiger partial charge on any atom is -0.368 e. The third kappa shape index (κ3) is 1.49. The minimum absolute atomic E-state index is 0.157. The van der Waals surface area contributed by atoms with E-state index in [1.54, 1.807) is 18.5 Å². The molecule has 0 radical (unpaired) electrons. The molecule has 0 bridgehead atoms. The van der Waals surface area contributed by atoms with E-state index in [0.717, 1.165) is 5.57 Å². The Morgan fingerprint density at radius 1 is 1.46 bits per heavy atom. The van der Waals surface area contributed by atoms with Crippen LogP contribution in [0.15, 0.2) is 28.4 Å². The van der Waals surface area contributed by atoms with Crippen molar-refractivity contribution in [2.24, 2.45) is 4.99 Å². The van der Waals surface area contributed by atoms with Crippen LogP contribution in [-0.2, 0) is 4.79 Å².